The van der Waals surface area contributed by atoms with Crippen molar-refractivity contribution in [2.75, 3.05) is 11.1 Å². The Morgan fingerprint density at radius 1 is 1.35 bits per heavy atom. The second kappa shape index (κ2) is 6.07. The molecule has 0 saturated heterocycles. The van der Waals surface area contributed by atoms with E-state index in [4.69, 9.17) is 0 Å². The van der Waals surface area contributed by atoms with Gasteiger partial charge in [-0.25, -0.2) is 4.98 Å². The van der Waals surface area contributed by atoms with Crippen molar-refractivity contribution in [1.82, 2.24) is 4.98 Å². The van der Waals surface area contributed by atoms with E-state index >= 15 is 0 Å². The minimum atomic E-state index is 0.859. The molecule has 0 spiro atoms. The number of thioether (sulfide) groups is 1. The molecule has 1 heterocycles. The summed E-state index contributed by atoms with van der Waals surface area (Å²) >= 11 is 3.58. The maximum atomic E-state index is 4.26. The van der Waals surface area contributed by atoms with Crippen LogP contribution in [0.4, 0.5) is 5.69 Å². The summed E-state index contributed by atoms with van der Waals surface area (Å²) in [5.74, 6) is 1.10. The van der Waals surface area contributed by atoms with Crippen LogP contribution in [0.15, 0.2) is 34.7 Å². The molecule has 0 radical (unpaired) electrons. The Bertz CT molecular complexity index is 480. The maximum Gasteiger partial charge on any atom is 0.0798 e. The lowest BCUT2D eigenvalue weighted by molar-refractivity contribution is 1.11. The van der Waals surface area contributed by atoms with Gasteiger partial charge in [0.25, 0.3) is 0 Å². The van der Waals surface area contributed by atoms with Gasteiger partial charge in [0, 0.05) is 15.5 Å². The number of hydrogen-bond acceptors (Lipinski definition) is 4. The van der Waals surface area contributed by atoms with E-state index in [-0.39, 0.29) is 0 Å². The van der Waals surface area contributed by atoms with Crippen LogP contribution in [0, 0.1) is 6.92 Å². The van der Waals surface area contributed by atoms with Gasteiger partial charge in [-0.2, -0.15) is 0 Å². The number of hydrogen-bond donors (Lipinski definition) is 1. The minimum absolute atomic E-state index is 0.859. The topological polar surface area (TPSA) is 24.9 Å². The Morgan fingerprint density at radius 3 is 2.88 bits per heavy atom. The zero-order valence-corrected chi connectivity index (χ0v) is 11.7. The molecule has 0 saturated carbocycles. The molecule has 0 fully saturated rings. The lowest BCUT2D eigenvalue weighted by Crippen LogP contribution is -2.00. The molecule has 4 heteroatoms. The van der Waals surface area contributed by atoms with E-state index in [1.807, 2.05) is 17.3 Å². The number of nitrogens with zero attached hydrogens (tertiary/aromatic N) is 1. The Hall–Kier alpha value is -1.00. The van der Waals surface area contributed by atoms with Gasteiger partial charge in [-0.1, -0.05) is 19.1 Å². The third-order valence-corrected chi connectivity index (χ3v) is 4.36. The summed E-state index contributed by atoms with van der Waals surface area (Å²) in [6.07, 6.45) is 0. The molecule has 0 amide bonds. The van der Waals surface area contributed by atoms with E-state index in [2.05, 4.69) is 48.4 Å². The quantitative estimate of drug-likeness (QED) is 0.820. The normalized spacial score (nSPS) is 10.5. The summed E-state index contributed by atoms with van der Waals surface area (Å²) in [5, 5.41) is 3.49. The first kappa shape index (κ1) is 12.5. The molecule has 0 unspecified atom stereocenters. The van der Waals surface area contributed by atoms with Crippen molar-refractivity contribution < 1.29 is 0 Å². The monoisotopic (exact) mass is 264 g/mol. The van der Waals surface area contributed by atoms with Crippen molar-refractivity contribution in [1.29, 1.82) is 0 Å². The molecule has 0 aliphatic rings. The van der Waals surface area contributed by atoms with Gasteiger partial charge in [0.15, 0.2) is 0 Å². The summed E-state index contributed by atoms with van der Waals surface area (Å²) in [5.41, 5.74) is 4.24. The van der Waals surface area contributed by atoms with Gasteiger partial charge in [0.1, 0.15) is 0 Å². The predicted molar refractivity (Wildman–Crippen MR) is 77.0 cm³/mol. The van der Waals surface area contributed by atoms with Crippen LogP contribution in [0.5, 0.6) is 0 Å². The Kier molecular flexibility index (Phi) is 4.45. The van der Waals surface area contributed by atoms with E-state index < -0.39 is 0 Å². The van der Waals surface area contributed by atoms with Crippen LogP contribution in [-0.2, 0) is 6.54 Å². The molecule has 2 aromatic rings. The molecule has 0 aliphatic carbocycles. The van der Waals surface area contributed by atoms with E-state index in [9.17, 15) is 0 Å². The summed E-state index contributed by atoms with van der Waals surface area (Å²) in [4.78, 5) is 6.88. The SMILES string of the molecule is CCSc1ccccc1NCc1scnc1C. The van der Waals surface area contributed by atoms with Crippen LogP contribution in [0.1, 0.15) is 17.5 Å². The summed E-state index contributed by atoms with van der Waals surface area (Å²) in [6, 6.07) is 8.45. The van der Waals surface area contributed by atoms with Crippen LogP contribution in [0.25, 0.3) is 0 Å². The molecule has 17 heavy (non-hydrogen) atoms. The molecule has 1 aromatic heterocycles. The highest BCUT2D eigenvalue weighted by Gasteiger charge is 2.04. The highest BCUT2D eigenvalue weighted by molar-refractivity contribution is 7.99. The number of benzene rings is 1. The molecule has 1 aromatic carbocycles. The summed E-state index contributed by atoms with van der Waals surface area (Å²) < 4.78 is 0. The van der Waals surface area contributed by atoms with Gasteiger partial charge in [-0.3, -0.25) is 0 Å². The van der Waals surface area contributed by atoms with Gasteiger partial charge in [-0.15, -0.1) is 23.1 Å². The summed E-state index contributed by atoms with van der Waals surface area (Å²) in [6.45, 7) is 5.09. The van der Waals surface area contributed by atoms with Crippen molar-refractivity contribution in [3.8, 4) is 0 Å². The number of aryl methyl sites for hydroxylation is 1. The fourth-order valence-electron chi connectivity index (χ4n) is 1.57. The predicted octanol–water partition coefficient (Wildman–Crippen LogP) is 4.18. The average molecular weight is 264 g/mol. The molecule has 0 aliphatic heterocycles. The first-order valence-electron chi connectivity index (χ1n) is 5.66. The van der Waals surface area contributed by atoms with Crippen molar-refractivity contribution >= 4 is 28.8 Å². The largest absolute Gasteiger partial charge is 0.379 e. The minimum Gasteiger partial charge on any atom is -0.379 e. The van der Waals surface area contributed by atoms with Crippen LogP contribution in [0.3, 0.4) is 0 Å². The zero-order valence-electron chi connectivity index (χ0n) is 10.1. The first-order chi connectivity index (χ1) is 8.31. The molecule has 90 valence electrons. The number of rotatable bonds is 5. The van der Waals surface area contributed by atoms with Crippen LogP contribution >= 0.6 is 23.1 Å². The Labute approximate surface area is 110 Å². The second-order valence-electron chi connectivity index (χ2n) is 3.64. The summed E-state index contributed by atoms with van der Waals surface area (Å²) in [7, 11) is 0. The third kappa shape index (κ3) is 3.23. The van der Waals surface area contributed by atoms with Gasteiger partial charge >= 0.3 is 0 Å². The van der Waals surface area contributed by atoms with E-state index in [1.54, 1.807) is 11.3 Å². The van der Waals surface area contributed by atoms with Gasteiger partial charge in [0.2, 0.25) is 0 Å². The third-order valence-electron chi connectivity index (χ3n) is 2.47. The fourth-order valence-corrected chi connectivity index (χ4v) is 3.06. The number of nitrogens with one attached hydrogen (secondary N) is 1. The second-order valence-corrected chi connectivity index (χ2v) is 5.89. The number of anilines is 1. The van der Waals surface area contributed by atoms with E-state index in [1.165, 1.54) is 15.5 Å². The molecule has 2 rings (SSSR count). The van der Waals surface area contributed by atoms with Crippen molar-refractivity contribution in [2.45, 2.75) is 25.3 Å². The molecular weight excluding hydrogens is 248 g/mol. The van der Waals surface area contributed by atoms with Crippen molar-refractivity contribution in [2.24, 2.45) is 0 Å². The van der Waals surface area contributed by atoms with Gasteiger partial charge < -0.3 is 5.32 Å². The molecular formula is C13H16N2S2. The number of para-hydroxylation sites is 1. The highest BCUT2D eigenvalue weighted by atomic mass is 32.2. The fraction of sp³-hybridized carbons (Fsp3) is 0.308. The van der Waals surface area contributed by atoms with Crippen molar-refractivity contribution in [3.05, 3.63) is 40.3 Å². The van der Waals surface area contributed by atoms with Crippen LogP contribution < -0.4 is 5.32 Å². The first-order valence-corrected chi connectivity index (χ1v) is 7.52. The maximum absolute atomic E-state index is 4.26. The standard InChI is InChI=1S/C13H16N2S2/c1-3-16-12-7-5-4-6-11(12)14-8-13-10(2)15-9-17-13/h4-7,9,14H,3,8H2,1-2H3. The molecule has 0 bridgehead atoms. The lowest BCUT2D eigenvalue weighted by Gasteiger charge is -2.10. The zero-order chi connectivity index (χ0) is 12.1. The molecule has 1 N–H and O–H groups in total. The molecule has 0 atom stereocenters. The lowest BCUT2D eigenvalue weighted by atomic mass is 10.3. The number of aromatic nitrogens is 1. The van der Waals surface area contributed by atoms with E-state index in [0.29, 0.717) is 0 Å². The smallest absolute Gasteiger partial charge is 0.0798 e. The van der Waals surface area contributed by atoms with E-state index in [0.717, 1.165) is 18.0 Å². The van der Waals surface area contributed by atoms with Gasteiger partial charge in [0.05, 0.1) is 17.7 Å². The van der Waals surface area contributed by atoms with Crippen LogP contribution in [0.2, 0.25) is 0 Å². The van der Waals surface area contributed by atoms with Crippen molar-refractivity contribution in [3.63, 3.8) is 0 Å². The van der Waals surface area contributed by atoms with Crippen LogP contribution in [-0.4, -0.2) is 10.7 Å². The average Bonchev–Trinajstić information content (AvgIpc) is 2.74. The Morgan fingerprint density at radius 2 is 2.18 bits per heavy atom. The van der Waals surface area contributed by atoms with Gasteiger partial charge in [-0.05, 0) is 24.8 Å². The Balaban J connectivity index is 2.06. The highest BCUT2D eigenvalue weighted by Crippen LogP contribution is 2.27. The number of thiazole rings is 1. The molecule has 2 nitrogen and oxygen atoms in total.